The molecule has 0 atom stereocenters. The minimum atomic E-state index is -0.627. The fourth-order valence-electron chi connectivity index (χ4n) is 2.64. The first-order valence-corrected chi connectivity index (χ1v) is 7.57. The number of carbonyl (C=O) groups is 2. The van der Waals surface area contributed by atoms with Crippen LogP contribution in [0, 0.1) is 6.92 Å². The summed E-state index contributed by atoms with van der Waals surface area (Å²) < 4.78 is 10.6. The quantitative estimate of drug-likeness (QED) is 0.815. The van der Waals surface area contributed by atoms with Gasteiger partial charge in [-0.15, -0.1) is 0 Å². The number of rotatable bonds is 3. The van der Waals surface area contributed by atoms with E-state index in [1.54, 1.807) is 30.0 Å². The number of benzene rings is 1. The molecule has 2 aromatic rings. The summed E-state index contributed by atoms with van der Waals surface area (Å²) in [5, 5.41) is 1.34. The van der Waals surface area contributed by atoms with Crippen molar-refractivity contribution in [1.82, 2.24) is 4.90 Å². The standard InChI is InChI=1S/C16H16ClNO4/c1-10-12-8-11(17)4-5-13(12)22-15(10)16(20)21-9-14(19)18-6-2-3-7-18/h4-5,8H,2-3,6-7,9H2,1H3. The van der Waals surface area contributed by atoms with E-state index < -0.39 is 5.97 Å². The van der Waals surface area contributed by atoms with Crippen LogP contribution in [0.4, 0.5) is 0 Å². The summed E-state index contributed by atoms with van der Waals surface area (Å²) in [5.41, 5.74) is 1.23. The van der Waals surface area contributed by atoms with E-state index in [4.69, 9.17) is 20.8 Å². The predicted octanol–water partition coefficient (Wildman–Crippen LogP) is 3.17. The van der Waals surface area contributed by atoms with Gasteiger partial charge in [0.1, 0.15) is 5.58 Å². The van der Waals surface area contributed by atoms with Gasteiger partial charge >= 0.3 is 5.97 Å². The SMILES string of the molecule is Cc1c(C(=O)OCC(=O)N2CCCC2)oc2ccc(Cl)cc12. The Morgan fingerprint density at radius 2 is 2.05 bits per heavy atom. The molecule has 1 aromatic heterocycles. The molecule has 5 nitrogen and oxygen atoms in total. The normalized spacial score (nSPS) is 14.5. The molecule has 0 unspecified atom stereocenters. The Labute approximate surface area is 132 Å². The minimum Gasteiger partial charge on any atom is -0.450 e. The van der Waals surface area contributed by atoms with E-state index in [9.17, 15) is 9.59 Å². The third-order valence-electron chi connectivity index (χ3n) is 3.87. The number of furan rings is 1. The van der Waals surface area contributed by atoms with Crippen LogP contribution in [0.25, 0.3) is 11.0 Å². The van der Waals surface area contributed by atoms with Gasteiger partial charge in [-0.3, -0.25) is 4.79 Å². The molecule has 0 bridgehead atoms. The zero-order valence-corrected chi connectivity index (χ0v) is 13.0. The lowest BCUT2D eigenvalue weighted by molar-refractivity contribution is -0.133. The summed E-state index contributed by atoms with van der Waals surface area (Å²) in [6, 6.07) is 5.14. The number of hydrogen-bond acceptors (Lipinski definition) is 4. The average molecular weight is 322 g/mol. The van der Waals surface area contributed by atoms with Crippen molar-refractivity contribution in [2.75, 3.05) is 19.7 Å². The molecule has 116 valence electrons. The molecule has 1 amide bonds. The van der Waals surface area contributed by atoms with Crippen LogP contribution < -0.4 is 0 Å². The van der Waals surface area contributed by atoms with Crippen LogP contribution in [0.5, 0.6) is 0 Å². The van der Waals surface area contributed by atoms with Crippen LogP contribution in [-0.4, -0.2) is 36.5 Å². The Balaban J connectivity index is 1.72. The van der Waals surface area contributed by atoms with Crippen LogP contribution in [-0.2, 0) is 9.53 Å². The van der Waals surface area contributed by atoms with E-state index in [0.717, 1.165) is 31.3 Å². The van der Waals surface area contributed by atoms with Crippen LogP contribution in [0.2, 0.25) is 5.02 Å². The van der Waals surface area contributed by atoms with E-state index in [0.29, 0.717) is 16.2 Å². The van der Waals surface area contributed by atoms with Gasteiger partial charge in [0, 0.05) is 29.1 Å². The number of amides is 1. The van der Waals surface area contributed by atoms with Gasteiger partial charge in [0.15, 0.2) is 6.61 Å². The van der Waals surface area contributed by atoms with E-state index >= 15 is 0 Å². The molecular weight excluding hydrogens is 306 g/mol. The van der Waals surface area contributed by atoms with Gasteiger partial charge in [0.05, 0.1) is 0 Å². The highest BCUT2D eigenvalue weighted by Gasteiger charge is 2.23. The molecular formula is C16H16ClNO4. The Hall–Kier alpha value is -2.01. The maximum absolute atomic E-state index is 12.1. The summed E-state index contributed by atoms with van der Waals surface area (Å²) in [6.45, 7) is 2.98. The fourth-order valence-corrected chi connectivity index (χ4v) is 2.81. The second-order valence-electron chi connectivity index (χ2n) is 5.36. The number of halogens is 1. The second kappa shape index (κ2) is 6.01. The number of likely N-dealkylation sites (tertiary alicyclic amines) is 1. The van der Waals surface area contributed by atoms with Gasteiger partial charge in [0.25, 0.3) is 5.91 Å². The lowest BCUT2D eigenvalue weighted by Gasteiger charge is -2.14. The number of nitrogens with zero attached hydrogens (tertiary/aromatic N) is 1. The van der Waals surface area contributed by atoms with Crippen molar-refractivity contribution in [2.45, 2.75) is 19.8 Å². The van der Waals surface area contributed by atoms with Crippen LogP contribution in [0.15, 0.2) is 22.6 Å². The first-order chi connectivity index (χ1) is 10.6. The second-order valence-corrected chi connectivity index (χ2v) is 5.80. The molecule has 6 heteroatoms. The van der Waals surface area contributed by atoms with Crippen molar-refractivity contribution in [3.05, 3.63) is 34.5 Å². The molecule has 1 aliphatic heterocycles. The van der Waals surface area contributed by atoms with Gasteiger partial charge in [-0.2, -0.15) is 0 Å². The van der Waals surface area contributed by atoms with Gasteiger partial charge < -0.3 is 14.1 Å². The molecule has 0 spiro atoms. The van der Waals surface area contributed by atoms with Gasteiger partial charge in [0.2, 0.25) is 5.76 Å². The molecule has 0 aliphatic carbocycles. The largest absolute Gasteiger partial charge is 0.450 e. The number of carbonyl (C=O) groups excluding carboxylic acids is 2. The number of fused-ring (bicyclic) bond motifs is 1. The summed E-state index contributed by atoms with van der Waals surface area (Å²) in [6.07, 6.45) is 2.01. The van der Waals surface area contributed by atoms with Crippen molar-refractivity contribution in [1.29, 1.82) is 0 Å². The van der Waals surface area contributed by atoms with E-state index in [2.05, 4.69) is 0 Å². The highest BCUT2D eigenvalue weighted by atomic mass is 35.5. The molecule has 0 N–H and O–H groups in total. The first-order valence-electron chi connectivity index (χ1n) is 7.20. The lowest BCUT2D eigenvalue weighted by Crippen LogP contribution is -2.32. The Kier molecular flexibility index (Phi) is 4.07. The lowest BCUT2D eigenvalue weighted by atomic mass is 10.1. The number of ether oxygens (including phenoxy) is 1. The third-order valence-corrected chi connectivity index (χ3v) is 4.10. The number of esters is 1. The van der Waals surface area contributed by atoms with Gasteiger partial charge in [-0.1, -0.05) is 11.6 Å². The van der Waals surface area contributed by atoms with Crippen molar-refractivity contribution >= 4 is 34.4 Å². The summed E-state index contributed by atoms with van der Waals surface area (Å²) in [5.74, 6) is -0.675. The van der Waals surface area contributed by atoms with E-state index in [1.165, 1.54) is 0 Å². The van der Waals surface area contributed by atoms with Crippen molar-refractivity contribution < 1.29 is 18.7 Å². The predicted molar refractivity (Wildman–Crippen MR) is 82.1 cm³/mol. The van der Waals surface area contributed by atoms with Crippen molar-refractivity contribution in [3.8, 4) is 0 Å². The van der Waals surface area contributed by atoms with Gasteiger partial charge in [-0.05, 0) is 38.0 Å². The van der Waals surface area contributed by atoms with Crippen LogP contribution in [0.1, 0.15) is 29.0 Å². The number of hydrogen-bond donors (Lipinski definition) is 0. The molecule has 3 rings (SSSR count). The highest BCUT2D eigenvalue weighted by Crippen LogP contribution is 2.28. The summed E-state index contributed by atoms with van der Waals surface area (Å²) in [7, 11) is 0. The first kappa shape index (κ1) is 14.9. The molecule has 0 saturated carbocycles. The molecule has 22 heavy (non-hydrogen) atoms. The number of aryl methyl sites for hydroxylation is 1. The Bertz CT molecular complexity index is 731. The molecule has 2 heterocycles. The molecule has 1 aliphatic rings. The molecule has 0 radical (unpaired) electrons. The molecule has 1 saturated heterocycles. The summed E-state index contributed by atoms with van der Waals surface area (Å²) in [4.78, 5) is 25.7. The van der Waals surface area contributed by atoms with Crippen molar-refractivity contribution in [3.63, 3.8) is 0 Å². The van der Waals surface area contributed by atoms with Gasteiger partial charge in [-0.25, -0.2) is 4.79 Å². The maximum Gasteiger partial charge on any atom is 0.375 e. The Morgan fingerprint density at radius 1 is 1.32 bits per heavy atom. The minimum absolute atomic E-state index is 0.117. The zero-order valence-electron chi connectivity index (χ0n) is 12.2. The molecule has 1 aromatic carbocycles. The van der Waals surface area contributed by atoms with Crippen LogP contribution >= 0.6 is 11.6 Å². The van der Waals surface area contributed by atoms with E-state index in [1.807, 2.05) is 0 Å². The fraction of sp³-hybridized carbons (Fsp3) is 0.375. The van der Waals surface area contributed by atoms with Crippen molar-refractivity contribution in [2.24, 2.45) is 0 Å². The smallest absolute Gasteiger partial charge is 0.375 e. The topological polar surface area (TPSA) is 59.8 Å². The van der Waals surface area contributed by atoms with Crippen LogP contribution in [0.3, 0.4) is 0 Å². The zero-order chi connectivity index (χ0) is 15.7. The highest BCUT2D eigenvalue weighted by molar-refractivity contribution is 6.31. The monoisotopic (exact) mass is 321 g/mol. The Morgan fingerprint density at radius 3 is 2.77 bits per heavy atom. The summed E-state index contributed by atoms with van der Waals surface area (Å²) >= 11 is 5.95. The average Bonchev–Trinajstić information content (AvgIpc) is 3.14. The molecule has 1 fully saturated rings. The maximum atomic E-state index is 12.1. The van der Waals surface area contributed by atoms with E-state index in [-0.39, 0.29) is 18.3 Å². The third kappa shape index (κ3) is 2.81.